The van der Waals surface area contributed by atoms with E-state index in [4.69, 9.17) is 25.8 Å². The van der Waals surface area contributed by atoms with Crippen LogP contribution in [-0.2, 0) is 19.6 Å². The molecular weight excluding hydrogens is 456 g/mol. The predicted molar refractivity (Wildman–Crippen MR) is 122 cm³/mol. The van der Waals surface area contributed by atoms with E-state index >= 15 is 0 Å². The molecule has 1 aliphatic heterocycles. The second-order valence-corrected chi connectivity index (χ2v) is 9.66. The normalized spacial score (nSPS) is 15.9. The summed E-state index contributed by atoms with van der Waals surface area (Å²) < 4.78 is 44.4. The number of nitrogens with zero attached hydrogens (tertiary/aromatic N) is 1. The van der Waals surface area contributed by atoms with E-state index in [1.807, 2.05) is 0 Å². The maximum absolute atomic E-state index is 13.7. The van der Waals surface area contributed by atoms with Crippen molar-refractivity contribution in [2.45, 2.75) is 30.8 Å². The van der Waals surface area contributed by atoms with Crippen molar-refractivity contribution in [3.05, 3.63) is 47.0 Å². The fourth-order valence-corrected chi connectivity index (χ4v) is 5.36. The lowest BCUT2D eigenvalue weighted by Gasteiger charge is -2.26. The number of halogens is 1. The Morgan fingerprint density at radius 3 is 2.53 bits per heavy atom. The topological polar surface area (TPSA) is 94.2 Å². The summed E-state index contributed by atoms with van der Waals surface area (Å²) in [6, 6.07) is 9.39. The Morgan fingerprint density at radius 1 is 1.19 bits per heavy atom. The standard InChI is InChI=1S/C22H27ClN2O6S/c1-15-6-8-20(30-3)21(11-15)32(27,28)25(16-7-9-19(29-2)18(23)12-16)14-22(26)24-13-17-5-4-10-31-17/h6-9,11-12,17H,4-5,10,13-14H2,1-3H3,(H,24,26)/t17-/m0/s1. The van der Waals surface area contributed by atoms with E-state index in [0.29, 0.717) is 18.9 Å². The molecule has 1 heterocycles. The van der Waals surface area contributed by atoms with Crippen LogP contribution in [0.2, 0.25) is 5.02 Å². The molecule has 0 radical (unpaired) electrons. The lowest BCUT2D eigenvalue weighted by Crippen LogP contribution is -2.43. The summed E-state index contributed by atoms with van der Waals surface area (Å²) in [6.07, 6.45) is 1.74. The van der Waals surface area contributed by atoms with Gasteiger partial charge in [0.05, 0.1) is 31.0 Å². The van der Waals surface area contributed by atoms with E-state index in [2.05, 4.69) is 5.32 Å². The molecule has 1 fully saturated rings. The third-order valence-corrected chi connectivity index (χ3v) is 7.24. The minimum absolute atomic E-state index is 0.0427. The summed E-state index contributed by atoms with van der Waals surface area (Å²) in [5, 5.41) is 2.99. The molecule has 1 N–H and O–H groups in total. The SMILES string of the molecule is COc1ccc(N(CC(=O)NC[C@@H]2CCCO2)S(=O)(=O)c2cc(C)ccc2OC)cc1Cl. The van der Waals surface area contributed by atoms with Gasteiger partial charge in [-0.3, -0.25) is 9.10 Å². The van der Waals surface area contributed by atoms with Gasteiger partial charge in [-0.1, -0.05) is 17.7 Å². The fourth-order valence-electron chi connectivity index (χ4n) is 3.45. The first-order chi connectivity index (χ1) is 15.3. The zero-order valence-corrected chi connectivity index (χ0v) is 19.8. The fraction of sp³-hybridized carbons (Fsp3) is 0.409. The lowest BCUT2D eigenvalue weighted by atomic mass is 10.2. The number of benzene rings is 2. The van der Waals surface area contributed by atoms with Crippen molar-refractivity contribution < 1.29 is 27.4 Å². The van der Waals surface area contributed by atoms with Gasteiger partial charge in [-0.05, 0) is 55.7 Å². The van der Waals surface area contributed by atoms with Crippen LogP contribution in [-0.4, -0.2) is 54.3 Å². The van der Waals surface area contributed by atoms with Crippen molar-refractivity contribution in [1.82, 2.24) is 5.32 Å². The number of carbonyl (C=O) groups excluding carboxylic acids is 1. The van der Waals surface area contributed by atoms with Crippen LogP contribution < -0.4 is 19.1 Å². The highest BCUT2D eigenvalue weighted by molar-refractivity contribution is 7.93. The zero-order valence-electron chi connectivity index (χ0n) is 18.3. The van der Waals surface area contributed by atoms with E-state index in [9.17, 15) is 13.2 Å². The van der Waals surface area contributed by atoms with Crippen molar-refractivity contribution in [3.8, 4) is 11.5 Å². The Labute approximate surface area is 193 Å². The first-order valence-corrected chi connectivity index (χ1v) is 12.0. The van der Waals surface area contributed by atoms with E-state index in [1.165, 1.54) is 32.4 Å². The minimum atomic E-state index is -4.17. The van der Waals surface area contributed by atoms with Crippen molar-refractivity contribution in [2.75, 3.05) is 38.2 Å². The highest BCUT2D eigenvalue weighted by Gasteiger charge is 2.31. The molecule has 0 aliphatic carbocycles. The average molecular weight is 483 g/mol. The van der Waals surface area contributed by atoms with Gasteiger partial charge in [0.1, 0.15) is 22.9 Å². The van der Waals surface area contributed by atoms with E-state index in [-0.39, 0.29) is 27.5 Å². The summed E-state index contributed by atoms with van der Waals surface area (Å²) >= 11 is 6.25. The number of methoxy groups -OCH3 is 2. The molecule has 1 saturated heterocycles. The van der Waals surface area contributed by atoms with E-state index in [0.717, 1.165) is 22.7 Å². The van der Waals surface area contributed by atoms with Crippen molar-refractivity contribution >= 4 is 33.2 Å². The van der Waals surface area contributed by atoms with Crippen LogP contribution in [0.25, 0.3) is 0 Å². The van der Waals surface area contributed by atoms with Gasteiger partial charge in [-0.25, -0.2) is 8.42 Å². The third-order valence-electron chi connectivity index (χ3n) is 5.15. The van der Waals surface area contributed by atoms with Crippen LogP contribution in [0, 0.1) is 6.92 Å². The molecular formula is C22H27ClN2O6S. The molecule has 0 spiro atoms. The molecule has 1 atom stereocenters. The molecule has 2 aromatic rings. The molecule has 174 valence electrons. The molecule has 32 heavy (non-hydrogen) atoms. The summed E-state index contributed by atoms with van der Waals surface area (Å²) in [4.78, 5) is 12.7. The smallest absolute Gasteiger partial charge is 0.268 e. The average Bonchev–Trinajstić information content (AvgIpc) is 3.29. The number of ether oxygens (including phenoxy) is 3. The first-order valence-electron chi connectivity index (χ1n) is 10.2. The van der Waals surface area contributed by atoms with Gasteiger partial charge in [-0.15, -0.1) is 0 Å². The lowest BCUT2D eigenvalue weighted by molar-refractivity contribution is -0.120. The van der Waals surface area contributed by atoms with Crippen LogP contribution in [0.5, 0.6) is 11.5 Å². The number of hydrogen-bond acceptors (Lipinski definition) is 6. The third kappa shape index (κ3) is 5.46. The van der Waals surface area contributed by atoms with Crippen LogP contribution in [0.1, 0.15) is 18.4 Å². The largest absolute Gasteiger partial charge is 0.495 e. The van der Waals surface area contributed by atoms with Gasteiger partial charge in [-0.2, -0.15) is 0 Å². The molecule has 1 aliphatic rings. The molecule has 2 aromatic carbocycles. The van der Waals surface area contributed by atoms with Crippen molar-refractivity contribution in [3.63, 3.8) is 0 Å². The molecule has 0 unspecified atom stereocenters. The monoisotopic (exact) mass is 482 g/mol. The molecule has 8 nitrogen and oxygen atoms in total. The number of sulfonamides is 1. The predicted octanol–water partition coefficient (Wildman–Crippen LogP) is 3.16. The summed E-state index contributed by atoms with van der Waals surface area (Å²) in [5.41, 5.74) is 0.964. The summed E-state index contributed by atoms with van der Waals surface area (Å²) in [7, 11) is -1.31. The first kappa shape index (κ1) is 24.2. The Morgan fingerprint density at radius 2 is 1.91 bits per heavy atom. The maximum Gasteiger partial charge on any atom is 0.268 e. The van der Waals surface area contributed by atoms with Gasteiger partial charge in [0, 0.05) is 13.2 Å². The maximum atomic E-state index is 13.7. The highest BCUT2D eigenvalue weighted by atomic mass is 35.5. The highest BCUT2D eigenvalue weighted by Crippen LogP contribution is 2.34. The summed E-state index contributed by atoms with van der Waals surface area (Å²) in [5.74, 6) is 0.117. The number of carbonyl (C=O) groups is 1. The Hall–Kier alpha value is -2.49. The summed E-state index contributed by atoms with van der Waals surface area (Å²) in [6.45, 7) is 2.33. The van der Waals surface area contributed by atoms with Crippen LogP contribution >= 0.6 is 11.6 Å². The molecule has 0 bridgehead atoms. The number of aryl methyl sites for hydroxylation is 1. The van der Waals surface area contributed by atoms with Crippen LogP contribution in [0.3, 0.4) is 0 Å². The molecule has 1 amide bonds. The number of anilines is 1. The van der Waals surface area contributed by atoms with Crippen LogP contribution in [0.15, 0.2) is 41.3 Å². The number of rotatable bonds is 9. The Kier molecular flexibility index (Phi) is 7.86. The van der Waals surface area contributed by atoms with Gasteiger partial charge in [0.15, 0.2) is 0 Å². The molecule has 3 rings (SSSR count). The molecule has 0 saturated carbocycles. The number of hydrogen-bond donors (Lipinski definition) is 1. The van der Waals surface area contributed by atoms with E-state index < -0.39 is 22.5 Å². The zero-order chi connectivity index (χ0) is 23.3. The second-order valence-electron chi connectivity index (χ2n) is 7.42. The van der Waals surface area contributed by atoms with Crippen LogP contribution in [0.4, 0.5) is 5.69 Å². The van der Waals surface area contributed by atoms with Crippen molar-refractivity contribution in [1.29, 1.82) is 0 Å². The van der Waals surface area contributed by atoms with E-state index in [1.54, 1.807) is 25.1 Å². The quantitative estimate of drug-likeness (QED) is 0.590. The van der Waals surface area contributed by atoms with Gasteiger partial charge >= 0.3 is 0 Å². The number of amides is 1. The van der Waals surface area contributed by atoms with Gasteiger partial charge in [0.25, 0.3) is 10.0 Å². The molecule has 0 aromatic heterocycles. The van der Waals surface area contributed by atoms with Crippen molar-refractivity contribution in [2.24, 2.45) is 0 Å². The van der Waals surface area contributed by atoms with Gasteiger partial charge in [0.2, 0.25) is 5.91 Å². The Balaban J connectivity index is 1.96. The Bertz CT molecular complexity index is 1070. The minimum Gasteiger partial charge on any atom is -0.495 e. The van der Waals surface area contributed by atoms with Gasteiger partial charge < -0.3 is 19.5 Å². The number of nitrogens with one attached hydrogen (secondary N) is 1. The second kappa shape index (κ2) is 10.4. The molecule has 10 heteroatoms.